The van der Waals surface area contributed by atoms with E-state index in [1.54, 1.807) is 0 Å². The molecule has 1 heterocycles. The number of rotatable bonds is 4. The van der Waals surface area contributed by atoms with Gasteiger partial charge in [0.1, 0.15) is 5.82 Å². The molecule has 0 amide bonds. The van der Waals surface area contributed by atoms with Crippen LogP contribution in [0.15, 0.2) is 18.2 Å². The van der Waals surface area contributed by atoms with Crippen molar-refractivity contribution >= 4 is 5.69 Å². The van der Waals surface area contributed by atoms with E-state index in [2.05, 4.69) is 5.32 Å². The maximum Gasteiger partial charge on any atom is 0.269 e. The van der Waals surface area contributed by atoms with E-state index in [0.29, 0.717) is 13.1 Å². The average Bonchev–Trinajstić information content (AvgIpc) is 2.42. The quantitative estimate of drug-likeness (QED) is 0.620. The number of aliphatic hydroxyl groups excluding tert-OH is 1. The van der Waals surface area contributed by atoms with Gasteiger partial charge in [-0.15, -0.1) is 0 Å². The Balaban J connectivity index is 2.30. The fraction of sp³-hybridized carbons (Fsp3) is 0.500. The number of hydrogen-bond acceptors (Lipinski definition) is 5. The second-order valence-electron chi connectivity index (χ2n) is 4.45. The zero-order valence-corrected chi connectivity index (χ0v) is 10.4. The number of nitro benzene ring substituents is 1. The topological polar surface area (TPSA) is 78.6 Å². The summed E-state index contributed by atoms with van der Waals surface area (Å²) in [7, 11) is 0. The highest BCUT2D eigenvalue weighted by Crippen LogP contribution is 2.27. The third-order valence-corrected chi connectivity index (χ3v) is 3.31. The van der Waals surface area contributed by atoms with Gasteiger partial charge in [-0.25, -0.2) is 4.39 Å². The van der Waals surface area contributed by atoms with Crippen LogP contribution in [-0.4, -0.2) is 47.7 Å². The summed E-state index contributed by atoms with van der Waals surface area (Å²) in [6.45, 7) is 2.60. The molecule has 1 fully saturated rings. The Morgan fingerprint density at radius 2 is 2.16 bits per heavy atom. The predicted molar refractivity (Wildman–Crippen MR) is 67.3 cm³/mol. The van der Waals surface area contributed by atoms with Crippen LogP contribution < -0.4 is 5.32 Å². The molecule has 104 valence electrons. The molecule has 0 radical (unpaired) electrons. The minimum Gasteiger partial charge on any atom is -0.394 e. The Labute approximate surface area is 110 Å². The molecule has 1 atom stereocenters. The molecule has 0 aromatic heterocycles. The van der Waals surface area contributed by atoms with Gasteiger partial charge in [-0.3, -0.25) is 15.0 Å². The molecule has 0 bridgehead atoms. The van der Waals surface area contributed by atoms with Gasteiger partial charge in [-0.2, -0.15) is 0 Å². The van der Waals surface area contributed by atoms with Gasteiger partial charge in [0, 0.05) is 43.9 Å². The summed E-state index contributed by atoms with van der Waals surface area (Å²) in [5.41, 5.74) is 0.0172. The zero-order chi connectivity index (χ0) is 13.8. The third kappa shape index (κ3) is 3.06. The van der Waals surface area contributed by atoms with Gasteiger partial charge >= 0.3 is 0 Å². The van der Waals surface area contributed by atoms with E-state index in [0.717, 1.165) is 25.2 Å². The van der Waals surface area contributed by atoms with Crippen molar-refractivity contribution in [1.82, 2.24) is 10.2 Å². The van der Waals surface area contributed by atoms with Crippen LogP contribution in [0.4, 0.5) is 10.1 Å². The third-order valence-electron chi connectivity index (χ3n) is 3.31. The van der Waals surface area contributed by atoms with Crippen molar-refractivity contribution < 1.29 is 14.4 Å². The summed E-state index contributed by atoms with van der Waals surface area (Å²) in [6, 6.07) is 2.88. The van der Waals surface area contributed by atoms with Gasteiger partial charge in [0.05, 0.1) is 17.6 Å². The molecule has 1 aliphatic heterocycles. The second-order valence-corrected chi connectivity index (χ2v) is 4.45. The van der Waals surface area contributed by atoms with Gasteiger partial charge in [-0.1, -0.05) is 0 Å². The first-order chi connectivity index (χ1) is 9.13. The minimum absolute atomic E-state index is 0.162. The minimum atomic E-state index is -0.560. The molecule has 1 aromatic rings. The van der Waals surface area contributed by atoms with Gasteiger partial charge in [0.25, 0.3) is 5.69 Å². The molecule has 0 spiro atoms. The summed E-state index contributed by atoms with van der Waals surface area (Å²) in [4.78, 5) is 12.1. The van der Waals surface area contributed by atoms with E-state index >= 15 is 0 Å². The fourth-order valence-corrected chi connectivity index (χ4v) is 2.30. The zero-order valence-electron chi connectivity index (χ0n) is 10.4. The van der Waals surface area contributed by atoms with Gasteiger partial charge in [0.15, 0.2) is 0 Å². The van der Waals surface area contributed by atoms with Gasteiger partial charge < -0.3 is 10.4 Å². The summed E-state index contributed by atoms with van der Waals surface area (Å²) >= 11 is 0. The molecule has 7 heteroatoms. The Hall–Kier alpha value is -1.57. The van der Waals surface area contributed by atoms with Crippen molar-refractivity contribution in [2.24, 2.45) is 0 Å². The molecular weight excluding hydrogens is 253 g/mol. The molecule has 0 saturated carbocycles. The number of nitrogens with one attached hydrogen (secondary N) is 1. The number of nitro groups is 1. The van der Waals surface area contributed by atoms with Crippen LogP contribution in [-0.2, 0) is 0 Å². The van der Waals surface area contributed by atoms with E-state index in [1.807, 2.05) is 4.90 Å². The SMILES string of the molecule is O=[N+]([O-])c1ccc(F)c([C@H](CO)N2CCNCC2)c1. The molecule has 0 aliphatic carbocycles. The molecular formula is C12H16FN3O3. The van der Waals surface area contributed by atoms with E-state index in [1.165, 1.54) is 6.07 Å². The summed E-state index contributed by atoms with van der Waals surface area (Å²) in [6.07, 6.45) is 0. The van der Waals surface area contributed by atoms with Crippen LogP contribution in [0.5, 0.6) is 0 Å². The lowest BCUT2D eigenvalue weighted by Crippen LogP contribution is -2.46. The average molecular weight is 269 g/mol. The Bertz CT molecular complexity index is 464. The fourth-order valence-electron chi connectivity index (χ4n) is 2.30. The number of halogens is 1. The summed E-state index contributed by atoms with van der Waals surface area (Å²) in [5, 5.41) is 23.4. The van der Waals surface area contributed by atoms with Gasteiger partial charge in [-0.05, 0) is 6.07 Å². The number of hydrogen-bond donors (Lipinski definition) is 2. The summed E-state index contributed by atoms with van der Waals surface area (Å²) in [5.74, 6) is -0.525. The van der Waals surface area contributed by atoms with Crippen molar-refractivity contribution in [3.05, 3.63) is 39.7 Å². The predicted octanol–water partition coefficient (Wildman–Crippen LogP) is 0.673. The molecule has 2 rings (SSSR count). The van der Waals surface area contributed by atoms with Crippen molar-refractivity contribution in [1.29, 1.82) is 0 Å². The van der Waals surface area contributed by atoms with Crippen LogP contribution in [0.2, 0.25) is 0 Å². The first kappa shape index (κ1) is 13.9. The molecule has 0 unspecified atom stereocenters. The maximum atomic E-state index is 13.8. The Morgan fingerprint density at radius 3 is 2.74 bits per heavy atom. The van der Waals surface area contributed by atoms with E-state index in [9.17, 15) is 19.6 Å². The van der Waals surface area contributed by atoms with Crippen LogP contribution in [0.1, 0.15) is 11.6 Å². The molecule has 1 aromatic carbocycles. The first-order valence-electron chi connectivity index (χ1n) is 6.13. The highest BCUT2D eigenvalue weighted by molar-refractivity contribution is 5.37. The highest BCUT2D eigenvalue weighted by Gasteiger charge is 2.25. The molecule has 1 saturated heterocycles. The van der Waals surface area contributed by atoms with Crippen LogP contribution in [0.3, 0.4) is 0 Å². The van der Waals surface area contributed by atoms with E-state index in [4.69, 9.17) is 0 Å². The second kappa shape index (κ2) is 6.05. The largest absolute Gasteiger partial charge is 0.394 e. The Morgan fingerprint density at radius 1 is 1.47 bits per heavy atom. The van der Waals surface area contributed by atoms with Crippen molar-refractivity contribution in [2.75, 3.05) is 32.8 Å². The standard InChI is InChI=1S/C12H16FN3O3/c13-11-2-1-9(16(18)19)7-10(11)12(8-17)15-5-3-14-4-6-15/h1-2,7,12,14,17H,3-6,8H2/t12-/m0/s1. The normalized spacial score (nSPS) is 18.2. The van der Waals surface area contributed by atoms with Crippen LogP contribution in [0.25, 0.3) is 0 Å². The number of benzene rings is 1. The molecule has 6 nitrogen and oxygen atoms in total. The molecule has 1 aliphatic rings. The molecule has 2 N–H and O–H groups in total. The number of piperazine rings is 1. The lowest BCUT2D eigenvalue weighted by Gasteiger charge is -2.34. The smallest absolute Gasteiger partial charge is 0.269 e. The van der Waals surface area contributed by atoms with Gasteiger partial charge in [0.2, 0.25) is 0 Å². The monoisotopic (exact) mass is 269 g/mol. The van der Waals surface area contributed by atoms with E-state index < -0.39 is 16.8 Å². The highest BCUT2D eigenvalue weighted by atomic mass is 19.1. The van der Waals surface area contributed by atoms with Crippen molar-refractivity contribution in [2.45, 2.75) is 6.04 Å². The number of nitrogens with zero attached hydrogens (tertiary/aromatic N) is 2. The van der Waals surface area contributed by atoms with Crippen LogP contribution in [0, 0.1) is 15.9 Å². The van der Waals surface area contributed by atoms with Crippen LogP contribution >= 0.6 is 0 Å². The van der Waals surface area contributed by atoms with E-state index in [-0.39, 0.29) is 17.9 Å². The number of aliphatic hydroxyl groups is 1. The maximum absolute atomic E-state index is 13.8. The summed E-state index contributed by atoms with van der Waals surface area (Å²) < 4.78 is 13.8. The van der Waals surface area contributed by atoms with Crippen molar-refractivity contribution in [3.8, 4) is 0 Å². The molecule has 19 heavy (non-hydrogen) atoms. The van der Waals surface area contributed by atoms with Crippen molar-refractivity contribution in [3.63, 3.8) is 0 Å². The lowest BCUT2D eigenvalue weighted by atomic mass is 10.0. The number of non-ortho nitro benzene ring substituents is 1. The Kier molecular flexibility index (Phi) is 4.41. The lowest BCUT2D eigenvalue weighted by molar-refractivity contribution is -0.385. The first-order valence-corrected chi connectivity index (χ1v) is 6.13.